The van der Waals surface area contributed by atoms with Gasteiger partial charge in [-0.15, -0.1) is 0 Å². The molecule has 4 heteroatoms. The van der Waals surface area contributed by atoms with E-state index in [4.69, 9.17) is 4.74 Å². The lowest BCUT2D eigenvalue weighted by atomic mass is 9.83. The smallest absolute Gasteiger partial charge is 0.221 e. The number of anilines is 1. The first-order valence-corrected chi connectivity index (χ1v) is 5.90. The second-order valence-electron chi connectivity index (χ2n) is 4.37. The lowest BCUT2D eigenvalue weighted by molar-refractivity contribution is 0.303. The van der Waals surface area contributed by atoms with E-state index < -0.39 is 0 Å². The van der Waals surface area contributed by atoms with Gasteiger partial charge in [-0.3, -0.25) is 0 Å². The van der Waals surface area contributed by atoms with Gasteiger partial charge in [0.05, 0.1) is 12.7 Å². The molecule has 0 aromatic carbocycles. The molecule has 1 N–H and O–H groups in total. The molecule has 4 nitrogen and oxygen atoms in total. The van der Waals surface area contributed by atoms with Gasteiger partial charge < -0.3 is 10.1 Å². The molecule has 0 radical (unpaired) electrons. The molecule has 0 amide bonds. The monoisotopic (exact) mass is 221 g/mol. The van der Waals surface area contributed by atoms with E-state index in [1.54, 1.807) is 7.11 Å². The van der Waals surface area contributed by atoms with Gasteiger partial charge in [-0.25, -0.2) is 9.97 Å². The molecule has 1 fully saturated rings. The Morgan fingerprint density at radius 2 is 2.25 bits per heavy atom. The highest BCUT2D eigenvalue weighted by Crippen LogP contribution is 2.29. The number of nitrogens with one attached hydrogen (secondary N) is 1. The van der Waals surface area contributed by atoms with Gasteiger partial charge in [-0.05, 0) is 19.3 Å². The van der Waals surface area contributed by atoms with Crippen LogP contribution < -0.4 is 10.1 Å². The number of hydrogen-bond donors (Lipinski definition) is 1. The Hall–Kier alpha value is -1.32. The third-order valence-electron chi connectivity index (χ3n) is 3.30. The molecule has 0 spiro atoms. The van der Waals surface area contributed by atoms with E-state index in [1.807, 2.05) is 6.92 Å². The average molecular weight is 221 g/mol. The molecule has 1 aromatic rings. The zero-order valence-corrected chi connectivity index (χ0v) is 9.99. The van der Waals surface area contributed by atoms with Crippen molar-refractivity contribution in [1.82, 2.24) is 9.97 Å². The molecule has 1 aliphatic carbocycles. The first kappa shape index (κ1) is 11.2. The lowest BCUT2D eigenvalue weighted by Gasteiger charge is -2.25. The summed E-state index contributed by atoms with van der Waals surface area (Å²) in [6.45, 7) is 2.97. The molecule has 0 aliphatic heterocycles. The molecule has 0 saturated heterocycles. The van der Waals surface area contributed by atoms with Crippen LogP contribution in [-0.4, -0.2) is 23.6 Å². The van der Waals surface area contributed by atoms with Gasteiger partial charge in [0.25, 0.3) is 0 Å². The second-order valence-corrected chi connectivity index (χ2v) is 4.37. The molecule has 0 atom stereocenters. The Balaban J connectivity index is 1.87. The van der Waals surface area contributed by atoms with E-state index >= 15 is 0 Å². The SMILES string of the molecule is COc1ncnc(NCCC2CCC2)c1C. The van der Waals surface area contributed by atoms with E-state index in [0.29, 0.717) is 5.88 Å². The Morgan fingerprint density at radius 3 is 2.88 bits per heavy atom. The first-order chi connectivity index (χ1) is 7.81. The van der Waals surface area contributed by atoms with Crippen molar-refractivity contribution in [1.29, 1.82) is 0 Å². The van der Waals surface area contributed by atoms with Crippen LogP contribution in [0.1, 0.15) is 31.2 Å². The standard InChI is InChI=1S/C12H19N3O/c1-9-11(14-8-15-12(9)16-2)13-7-6-10-4-3-5-10/h8,10H,3-7H2,1-2H3,(H,13,14,15). The van der Waals surface area contributed by atoms with E-state index in [-0.39, 0.29) is 0 Å². The van der Waals surface area contributed by atoms with Gasteiger partial charge in [0, 0.05) is 6.54 Å². The predicted molar refractivity (Wildman–Crippen MR) is 63.8 cm³/mol. The van der Waals surface area contributed by atoms with Crippen LogP contribution in [0.15, 0.2) is 6.33 Å². The molecule has 1 aromatic heterocycles. The molecule has 1 aliphatic rings. The molecule has 1 saturated carbocycles. The van der Waals surface area contributed by atoms with Crippen LogP contribution >= 0.6 is 0 Å². The summed E-state index contributed by atoms with van der Waals surface area (Å²) in [7, 11) is 1.63. The number of nitrogens with zero attached hydrogens (tertiary/aromatic N) is 2. The molecule has 0 unspecified atom stereocenters. The van der Waals surface area contributed by atoms with Crippen LogP contribution in [0.5, 0.6) is 5.88 Å². The third kappa shape index (κ3) is 2.43. The average Bonchev–Trinajstić information content (AvgIpc) is 2.24. The maximum absolute atomic E-state index is 5.15. The van der Waals surface area contributed by atoms with Crippen molar-refractivity contribution in [2.24, 2.45) is 5.92 Å². The van der Waals surface area contributed by atoms with Crippen molar-refractivity contribution in [3.8, 4) is 5.88 Å². The molecule has 0 bridgehead atoms. The molecular weight excluding hydrogens is 202 g/mol. The Kier molecular flexibility index (Phi) is 3.59. The first-order valence-electron chi connectivity index (χ1n) is 5.90. The molecular formula is C12H19N3O. The van der Waals surface area contributed by atoms with Crippen molar-refractivity contribution < 1.29 is 4.74 Å². The van der Waals surface area contributed by atoms with E-state index in [1.165, 1.54) is 32.0 Å². The van der Waals surface area contributed by atoms with Gasteiger partial charge in [0.15, 0.2) is 0 Å². The maximum Gasteiger partial charge on any atom is 0.221 e. The largest absolute Gasteiger partial charge is 0.481 e. The summed E-state index contributed by atoms with van der Waals surface area (Å²) in [5.74, 6) is 2.48. The van der Waals surface area contributed by atoms with Crippen molar-refractivity contribution in [2.75, 3.05) is 19.0 Å². The number of ether oxygens (including phenoxy) is 1. The van der Waals surface area contributed by atoms with E-state index in [0.717, 1.165) is 23.8 Å². The van der Waals surface area contributed by atoms with Crippen LogP contribution in [0, 0.1) is 12.8 Å². The third-order valence-corrected chi connectivity index (χ3v) is 3.30. The highest BCUT2D eigenvalue weighted by Gasteiger charge is 2.16. The minimum Gasteiger partial charge on any atom is -0.481 e. The number of hydrogen-bond acceptors (Lipinski definition) is 4. The second kappa shape index (κ2) is 5.14. The van der Waals surface area contributed by atoms with Crippen LogP contribution in [0.2, 0.25) is 0 Å². The summed E-state index contributed by atoms with van der Waals surface area (Å²) < 4.78 is 5.15. The summed E-state index contributed by atoms with van der Waals surface area (Å²) in [5.41, 5.74) is 0.985. The molecule has 16 heavy (non-hydrogen) atoms. The number of methoxy groups -OCH3 is 1. The van der Waals surface area contributed by atoms with E-state index in [9.17, 15) is 0 Å². The summed E-state index contributed by atoms with van der Waals surface area (Å²) in [6, 6.07) is 0. The van der Waals surface area contributed by atoms with Gasteiger partial charge in [-0.2, -0.15) is 0 Å². The number of rotatable bonds is 5. The van der Waals surface area contributed by atoms with E-state index in [2.05, 4.69) is 15.3 Å². The fourth-order valence-corrected chi connectivity index (χ4v) is 1.99. The minimum atomic E-state index is 0.654. The number of aromatic nitrogens is 2. The van der Waals surface area contributed by atoms with Crippen molar-refractivity contribution in [3.05, 3.63) is 11.9 Å². The lowest BCUT2D eigenvalue weighted by Crippen LogP contribution is -2.16. The normalized spacial score (nSPS) is 15.6. The Morgan fingerprint density at radius 1 is 1.44 bits per heavy atom. The highest BCUT2D eigenvalue weighted by molar-refractivity contribution is 5.47. The van der Waals surface area contributed by atoms with Crippen molar-refractivity contribution in [3.63, 3.8) is 0 Å². The Bertz CT molecular complexity index is 350. The van der Waals surface area contributed by atoms with Crippen LogP contribution in [0.25, 0.3) is 0 Å². The summed E-state index contributed by atoms with van der Waals surface area (Å²) >= 11 is 0. The van der Waals surface area contributed by atoms with Crippen LogP contribution in [0.3, 0.4) is 0 Å². The summed E-state index contributed by atoms with van der Waals surface area (Å²) in [5, 5.41) is 3.36. The topological polar surface area (TPSA) is 47.0 Å². The quantitative estimate of drug-likeness (QED) is 0.829. The van der Waals surface area contributed by atoms with Crippen LogP contribution in [-0.2, 0) is 0 Å². The molecule has 88 valence electrons. The molecule has 1 heterocycles. The van der Waals surface area contributed by atoms with Crippen molar-refractivity contribution in [2.45, 2.75) is 32.6 Å². The zero-order chi connectivity index (χ0) is 11.4. The predicted octanol–water partition coefficient (Wildman–Crippen LogP) is 2.40. The zero-order valence-electron chi connectivity index (χ0n) is 9.99. The maximum atomic E-state index is 5.15. The Labute approximate surface area is 96.4 Å². The van der Waals surface area contributed by atoms with Gasteiger partial charge in [-0.1, -0.05) is 19.3 Å². The van der Waals surface area contributed by atoms with Gasteiger partial charge in [0.2, 0.25) is 5.88 Å². The minimum absolute atomic E-state index is 0.654. The molecule has 2 rings (SSSR count). The van der Waals surface area contributed by atoms with Crippen molar-refractivity contribution >= 4 is 5.82 Å². The van der Waals surface area contributed by atoms with Gasteiger partial charge >= 0.3 is 0 Å². The summed E-state index contributed by atoms with van der Waals surface area (Å²) in [4.78, 5) is 8.28. The van der Waals surface area contributed by atoms with Gasteiger partial charge in [0.1, 0.15) is 12.1 Å². The van der Waals surface area contributed by atoms with Crippen LogP contribution in [0.4, 0.5) is 5.82 Å². The fraction of sp³-hybridized carbons (Fsp3) is 0.667. The summed E-state index contributed by atoms with van der Waals surface area (Å²) in [6.07, 6.45) is 6.98. The fourth-order valence-electron chi connectivity index (χ4n) is 1.99. The highest BCUT2D eigenvalue weighted by atomic mass is 16.5.